The van der Waals surface area contributed by atoms with Gasteiger partial charge in [0.15, 0.2) is 0 Å². The van der Waals surface area contributed by atoms with Crippen LogP contribution in [0, 0.1) is 0 Å². The quantitative estimate of drug-likeness (QED) is 0.762. The van der Waals surface area contributed by atoms with Crippen molar-refractivity contribution in [2.45, 2.75) is 13.5 Å². The van der Waals surface area contributed by atoms with E-state index in [-0.39, 0.29) is 5.91 Å². The smallest absolute Gasteiger partial charge is 0.243 e. The molecular formula is C12H15NO2. The second-order valence-electron chi connectivity index (χ2n) is 3.03. The van der Waals surface area contributed by atoms with Crippen molar-refractivity contribution in [1.29, 1.82) is 0 Å². The topological polar surface area (TPSA) is 38.3 Å². The van der Waals surface area contributed by atoms with Gasteiger partial charge in [-0.15, -0.1) is 0 Å². The van der Waals surface area contributed by atoms with Gasteiger partial charge in [-0.2, -0.15) is 0 Å². The van der Waals surface area contributed by atoms with Crippen LogP contribution < -0.4 is 10.1 Å². The predicted molar refractivity (Wildman–Crippen MR) is 59.7 cm³/mol. The van der Waals surface area contributed by atoms with E-state index in [0.29, 0.717) is 6.54 Å². The molecule has 0 saturated carbocycles. The first-order valence-corrected chi connectivity index (χ1v) is 4.80. The minimum Gasteiger partial charge on any atom is -0.496 e. The van der Waals surface area contributed by atoms with Crippen LogP contribution in [0.5, 0.6) is 5.75 Å². The number of para-hydroxylation sites is 1. The van der Waals surface area contributed by atoms with Crippen molar-refractivity contribution < 1.29 is 9.53 Å². The summed E-state index contributed by atoms with van der Waals surface area (Å²) in [4.78, 5) is 11.2. The summed E-state index contributed by atoms with van der Waals surface area (Å²) in [5.41, 5.74) is 0.970. The van der Waals surface area contributed by atoms with E-state index in [1.54, 1.807) is 13.2 Å². The van der Waals surface area contributed by atoms with Gasteiger partial charge in [-0.3, -0.25) is 4.79 Å². The Balaban J connectivity index is 2.60. The third kappa shape index (κ3) is 3.46. The minimum atomic E-state index is -0.0941. The van der Waals surface area contributed by atoms with Crippen molar-refractivity contribution in [3.63, 3.8) is 0 Å². The first-order chi connectivity index (χ1) is 7.27. The molecule has 1 rings (SSSR count). The van der Waals surface area contributed by atoms with Crippen LogP contribution in [0.4, 0.5) is 0 Å². The van der Waals surface area contributed by atoms with E-state index in [2.05, 4.69) is 5.32 Å². The van der Waals surface area contributed by atoms with Crippen LogP contribution in [0.2, 0.25) is 0 Å². The minimum absolute atomic E-state index is 0.0941. The molecule has 0 aliphatic carbocycles. The number of hydrogen-bond acceptors (Lipinski definition) is 2. The number of nitrogens with one attached hydrogen (secondary N) is 1. The maximum absolute atomic E-state index is 11.2. The number of benzene rings is 1. The van der Waals surface area contributed by atoms with E-state index in [9.17, 15) is 4.79 Å². The fraction of sp³-hybridized carbons (Fsp3) is 0.250. The molecule has 0 spiro atoms. The van der Waals surface area contributed by atoms with Crippen molar-refractivity contribution in [1.82, 2.24) is 5.32 Å². The van der Waals surface area contributed by atoms with Gasteiger partial charge in [-0.25, -0.2) is 0 Å². The monoisotopic (exact) mass is 205 g/mol. The van der Waals surface area contributed by atoms with E-state index in [1.165, 1.54) is 6.08 Å². The van der Waals surface area contributed by atoms with E-state index < -0.39 is 0 Å². The van der Waals surface area contributed by atoms with Crippen molar-refractivity contribution in [2.75, 3.05) is 7.11 Å². The fourth-order valence-electron chi connectivity index (χ4n) is 1.24. The number of amides is 1. The van der Waals surface area contributed by atoms with Crippen LogP contribution in [0.25, 0.3) is 0 Å². The molecule has 0 radical (unpaired) electrons. The van der Waals surface area contributed by atoms with Gasteiger partial charge in [0, 0.05) is 12.1 Å². The zero-order valence-corrected chi connectivity index (χ0v) is 8.99. The molecule has 1 aromatic carbocycles. The molecule has 0 heterocycles. The summed E-state index contributed by atoms with van der Waals surface area (Å²) in [5, 5.41) is 2.77. The Morgan fingerprint density at radius 2 is 2.20 bits per heavy atom. The van der Waals surface area contributed by atoms with Crippen LogP contribution in [0.3, 0.4) is 0 Å². The molecule has 0 aliphatic heterocycles. The molecule has 0 aromatic heterocycles. The Labute approximate surface area is 89.8 Å². The Bertz CT molecular complexity index is 358. The number of carbonyl (C=O) groups is 1. The Morgan fingerprint density at radius 1 is 1.47 bits per heavy atom. The lowest BCUT2D eigenvalue weighted by Gasteiger charge is -2.07. The summed E-state index contributed by atoms with van der Waals surface area (Å²) >= 11 is 0. The average Bonchev–Trinajstić information content (AvgIpc) is 2.27. The highest BCUT2D eigenvalue weighted by atomic mass is 16.5. The molecule has 1 amide bonds. The van der Waals surface area contributed by atoms with Crippen LogP contribution in [0.15, 0.2) is 36.4 Å². The summed E-state index contributed by atoms with van der Waals surface area (Å²) in [6, 6.07) is 7.61. The van der Waals surface area contributed by atoms with Gasteiger partial charge in [0.2, 0.25) is 5.91 Å². The predicted octanol–water partition coefficient (Wildman–Crippen LogP) is 1.89. The number of methoxy groups -OCH3 is 1. The lowest BCUT2D eigenvalue weighted by atomic mass is 10.2. The first-order valence-electron chi connectivity index (χ1n) is 4.80. The molecule has 0 bridgehead atoms. The lowest BCUT2D eigenvalue weighted by molar-refractivity contribution is -0.116. The summed E-state index contributed by atoms with van der Waals surface area (Å²) in [6.07, 6.45) is 3.20. The summed E-state index contributed by atoms with van der Waals surface area (Å²) in [7, 11) is 1.62. The Morgan fingerprint density at radius 3 is 2.87 bits per heavy atom. The molecular weight excluding hydrogens is 190 g/mol. The summed E-state index contributed by atoms with van der Waals surface area (Å²) in [6.45, 7) is 2.29. The molecule has 3 nitrogen and oxygen atoms in total. The molecule has 15 heavy (non-hydrogen) atoms. The van der Waals surface area contributed by atoms with Gasteiger partial charge < -0.3 is 10.1 Å². The van der Waals surface area contributed by atoms with Gasteiger partial charge in [0.1, 0.15) is 5.75 Å². The van der Waals surface area contributed by atoms with Crippen molar-refractivity contribution in [3.8, 4) is 5.75 Å². The molecule has 0 unspecified atom stereocenters. The van der Waals surface area contributed by atoms with Gasteiger partial charge in [0.25, 0.3) is 0 Å². The molecule has 1 N–H and O–H groups in total. The number of rotatable bonds is 4. The molecule has 3 heteroatoms. The highest BCUT2D eigenvalue weighted by Crippen LogP contribution is 2.16. The van der Waals surface area contributed by atoms with E-state index in [4.69, 9.17) is 4.74 Å². The SMILES string of the molecule is C/C=C/C(=O)NCc1ccccc1OC. The van der Waals surface area contributed by atoms with E-state index in [0.717, 1.165) is 11.3 Å². The second kappa shape index (κ2) is 5.86. The highest BCUT2D eigenvalue weighted by molar-refractivity contribution is 5.87. The molecule has 0 fully saturated rings. The van der Waals surface area contributed by atoms with Crippen LogP contribution in [0.1, 0.15) is 12.5 Å². The molecule has 0 aliphatic rings. The van der Waals surface area contributed by atoms with E-state index >= 15 is 0 Å². The maximum Gasteiger partial charge on any atom is 0.243 e. The van der Waals surface area contributed by atoms with Crippen molar-refractivity contribution in [2.24, 2.45) is 0 Å². The van der Waals surface area contributed by atoms with Crippen molar-refractivity contribution in [3.05, 3.63) is 42.0 Å². The zero-order chi connectivity index (χ0) is 11.1. The van der Waals surface area contributed by atoms with Gasteiger partial charge >= 0.3 is 0 Å². The molecule has 0 atom stereocenters. The number of ether oxygens (including phenoxy) is 1. The number of hydrogen-bond donors (Lipinski definition) is 1. The summed E-state index contributed by atoms with van der Waals surface area (Å²) < 4.78 is 5.17. The largest absolute Gasteiger partial charge is 0.496 e. The molecule has 80 valence electrons. The van der Waals surface area contributed by atoms with E-state index in [1.807, 2.05) is 31.2 Å². The first kappa shape index (κ1) is 11.3. The number of carbonyl (C=O) groups excluding carboxylic acids is 1. The van der Waals surface area contributed by atoms with Crippen LogP contribution in [-0.4, -0.2) is 13.0 Å². The zero-order valence-electron chi connectivity index (χ0n) is 8.99. The summed E-state index contributed by atoms with van der Waals surface area (Å²) in [5.74, 6) is 0.696. The third-order valence-corrected chi connectivity index (χ3v) is 1.96. The van der Waals surface area contributed by atoms with Gasteiger partial charge in [-0.05, 0) is 19.1 Å². The van der Waals surface area contributed by atoms with Gasteiger partial charge in [0.05, 0.1) is 7.11 Å². The highest BCUT2D eigenvalue weighted by Gasteiger charge is 2.01. The molecule has 1 aromatic rings. The second-order valence-corrected chi connectivity index (χ2v) is 3.03. The maximum atomic E-state index is 11.2. The molecule has 0 saturated heterocycles. The average molecular weight is 205 g/mol. The van der Waals surface area contributed by atoms with Gasteiger partial charge in [-0.1, -0.05) is 24.3 Å². The standard InChI is InChI=1S/C12H15NO2/c1-3-6-12(14)13-9-10-7-4-5-8-11(10)15-2/h3-8H,9H2,1-2H3,(H,13,14)/b6-3+. The lowest BCUT2D eigenvalue weighted by Crippen LogP contribution is -2.20. The third-order valence-electron chi connectivity index (χ3n) is 1.96. The Kier molecular flexibility index (Phi) is 4.41. The normalized spacial score (nSPS) is 10.3. The van der Waals surface area contributed by atoms with Crippen LogP contribution in [-0.2, 0) is 11.3 Å². The fourth-order valence-corrected chi connectivity index (χ4v) is 1.24. The van der Waals surface area contributed by atoms with Crippen molar-refractivity contribution >= 4 is 5.91 Å². The number of allylic oxidation sites excluding steroid dienone is 1. The Hall–Kier alpha value is -1.77. The van der Waals surface area contributed by atoms with Crippen LogP contribution >= 0.6 is 0 Å².